The third-order valence-electron chi connectivity index (χ3n) is 6.23. The van der Waals surface area contributed by atoms with Gasteiger partial charge in [0.1, 0.15) is 17.5 Å². The number of carbonyl (C=O) groups is 1. The van der Waals surface area contributed by atoms with E-state index < -0.39 is 6.10 Å². The van der Waals surface area contributed by atoms with Crippen molar-refractivity contribution in [2.24, 2.45) is 0 Å². The Morgan fingerprint density at radius 1 is 1.16 bits per heavy atom. The quantitative estimate of drug-likeness (QED) is 0.289. The molecule has 2 heterocycles. The minimum absolute atomic E-state index is 0.0689. The molecule has 0 aliphatic heterocycles. The first-order valence-corrected chi connectivity index (χ1v) is 12.7. The molecule has 0 saturated heterocycles. The summed E-state index contributed by atoms with van der Waals surface area (Å²) in [6, 6.07) is 18.3. The van der Waals surface area contributed by atoms with Crippen molar-refractivity contribution in [3.8, 4) is 23.1 Å². The van der Waals surface area contributed by atoms with Crippen LogP contribution in [0.2, 0.25) is 0 Å². The Morgan fingerprint density at radius 3 is 2.58 bits per heavy atom. The molecule has 8 heteroatoms. The highest BCUT2D eigenvalue weighted by molar-refractivity contribution is 5.95. The number of carbonyl (C=O) groups excluding carboxylic acids is 1. The Morgan fingerprint density at radius 2 is 1.92 bits per heavy atom. The smallest absolute Gasteiger partial charge is 0.251 e. The molecule has 4 rings (SSSR count). The molecule has 38 heavy (non-hydrogen) atoms. The number of pyridine rings is 1. The predicted molar refractivity (Wildman–Crippen MR) is 145 cm³/mol. The summed E-state index contributed by atoms with van der Waals surface area (Å²) >= 11 is 0. The minimum atomic E-state index is -0.618. The fraction of sp³-hybridized carbons (Fsp3) is 0.300. The molecule has 4 aromatic rings. The Kier molecular flexibility index (Phi) is 8.41. The second-order valence-corrected chi connectivity index (χ2v) is 9.57. The molecule has 2 aromatic heterocycles. The second kappa shape index (κ2) is 11.9. The van der Waals surface area contributed by atoms with Gasteiger partial charge in [-0.1, -0.05) is 30.3 Å². The summed E-state index contributed by atoms with van der Waals surface area (Å²) in [5, 5.41) is 32.1. The van der Waals surface area contributed by atoms with E-state index in [1.807, 2.05) is 67.0 Å². The van der Waals surface area contributed by atoms with Crippen LogP contribution >= 0.6 is 0 Å². The van der Waals surface area contributed by atoms with Crippen molar-refractivity contribution in [2.45, 2.75) is 51.9 Å². The standard InChI is InChI=1S/C30H32N4O4/c1-19(2)38-28-11-10-23(16-24(28)17-31)30(37)32-25(12-14-35)15-21-6-8-22(9-7-21)27-18-34-13-4-5-26(20(3)36)29(34)33-27/h4-11,13,16,18-20,25,35-36H,12,14-15H2,1-3H3,(H,32,37)/t20?,25-/m1/s1. The molecule has 3 N–H and O–H groups in total. The molecule has 0 spiro atoms. The predicted octanol–water partition coefficient (Wildman–Crippen LogP) is 4.44. The lowest BCUT2D eigenvalue weighted by atomic mass is 10.0. The number of nitriles is 1. The minimum Gasteiger partial charge on any atom is -0.490 e. The maximum absolute atomic E-state index is 13.0. The number of amides is 1. The first-order valence-electron chi connectivity index (χ1n) is 12.7. The lowest BCUT2D eigenvalue weighted by Crippen LogP contribution is -2.37. The van der Waals surface area contributed by atoms with E-state index in [1.165, 1.54) is 6.07 Å². The average molecular weight is 513 g/mol. The molecule has 0 aliphatic rings. The van der Waals surface area contributed by atoms with Crippen LogP contribution in [-0.2, 0) is 6.42 Å². The fourth-order valence-corrected chi connectivity index (χ4v) is 4.36. The molecule has 2 atom stereocenters. The molecule has 0 bridgehead atoms. The van der Waals surface area contributed by atoms with E-state index in [-0.39, 0.29) is 24.7 Å². The van der Waals surface area contributed by atoms with Crippen LogP contribution in [0.3, 0.4) is 0 Å². The summed E-state index contributed by atoms with van der Waals surface area (Å²) in [7, 11) is 0. The molecule has 0 radical (unpaired) electrons. The van der Waals surface area contributed by atoms with Crippen LogP contribution in [0.15, 0.2) is 67.0 Å². The van der Waals surface area contributed by atoms with E-state index in [1.54, 1.807) is 19.1 Å². The third kappa shape index (κ3) is 6.20. The van der Waals surface area contributed by atoms with Gasteiger partial charge in [0.05, 0.1) is 23.5 Å². The van der Waals surface area contributed by atoms with Gasteiger partial charge in [0, 0.05) is 41.7 Å². The summed E-state index contributed by atoms with van der Waals surface area (Å²) < 4.78 is 7.54. The molecule has 0 saturated carbocycles. The van der Waals surface area contributed by atoms with Crippen molar-refractivity contribution in [3.63, 3.8) is 0 Å². The number of aliphatic hydroxyl groups excluding tert-OH is 2. The Labute approximate surface area is 222 Å². The van der Waals surface area contributed by atoms with Crippen molar-refractivity contribution >= 4 is 11.6 Å². The molecular weight excluding hydrogens is 480 g/mol. The Bertz CT molecular complexity index is 1450. The van der Waals surface area contributed by atoms with Gasteiger partial charge in [-0.05, 0) is 63.4 Å². The number of aliphatic hydroxyl groups is 2. The third-order valence-corrected chi connectivity index (χ3v) is 6.23. The molecule has 0 aliphatic carbocycles. The van der Waals surface area contributed by atoms with Crippen molar-refractivity contribution in [1.29, 1.82) is 5.26 Å². The normalized spacial score (nSPS) is 12.8. The van der Waals surface area contributed by atoms with Gasteiger partial charge in [-0.2, -0.15) is 5.26 Å². The average Bonchev–Trinajstić information content (AvgIpc) is 3.33. The van der Waals surface area contributed by atoms with E-state index in [0.717, 1.165) is 28.0 Å². The number of hydrogen-bond donors (Lipinski definition) is 3. The summed E-state index contributed by atoms with van der Waals surface area (Å²) in [6.07, 6.45) is 4.05. The summed E-state index contributed by atoms with van der Waals surface area (Å²) in [4.78, 5) is 17.7. The zero-order valence-corrected chi connectivity index (χ0v) is 21.8. The number of nitrogens with one attached hydrogen (secondary N) is 1. The molecule has 196 valence electrons. The van der Waals surface area contributed by atoms with Crippen LogP contribution in [0.1, 0.15) is 60.3 Å². The zero-order valence-electron chi connectivity index (χ0n) is 21.8. The van der Waals surface area contributed by atoms with Crippen molar-refractivity contribution < 1.29 is 19.7 Å². The summed E-state index contributed by atoms with van der Waals surface area (Å²) in [5.41, 5.74) is 4.87. The number of aromatic nitrogens is 2. The van der Waals surface area contributed by atoms with Gasteiger partial charge < -0.3 is 24.7 Å². The molecular formula is C30H32N4O4. The summed E-state index contributed by atoms with van der Waals surface area (Å²) in [6.45, 7) is 5.40. The van der Waals surface area contributed by atoms with Gasteiger partial charge in [0.2, 0.25) is 0 Å². The van der Waals surface area contributed by atoms with Gasteiger partial charge in [-0.25, -0.2) is 4.98 Å². The lowest BCUT2D eigenvalue weighted by Gasteiger charge is -2.19. The highest BCUT2D eigenvalue weighted by atomic mass is 16.5. The van der Waals surface area contributed by atoms with Crippen LogP contribution < -0.4 is 10.1 Å². The van der Waals surface area contributed by atoms with E-state index in [0.29, 0.717) is 29.7 Å². The zero-order chi connectivity index (χ0) is 27.2. The number of rotatable bonds is 10. The molecule has 0 fully saturated rings. The monoisotopic (exact) mass is 512 g/mol. The topological polar surface area (TPSA) is 120 Å². The van der Waals surface area contributed by atoms with Crippen LogP contribution in [0.25, 0.3) is 16.9 Å². The number of ether oxygens (including phenoxy) is 1. The molecule has 8 nitrogen and oxygen atoms in total. The Hall–Kier alpha value is -4.19. The number of hydrogen-bond acceptors (Lipinski definition) is 6. The highest BCUT2D eigenvalue weighted by Crippen LogP contribution is 2.25. The van der Waals surface area contributed by atoms with Gasteiger partial charge in [-0.3, -0.25) is 4.79 Å². The van der Waals surface area contributed by atoms with E-state index >= 15 is 0 Å². The van der Waals surface area contributed by atoms with Crippen molar-refractivity contribution in [3.05, 3.63) is 89.2 Å². The maximum Gasteiger partial charge on any atom is 0.251 e. The molecule has 1 unspecified atom stereocenters. The van der Waals surface area contributed by atoms with Crippen molar-refractivity contribution in [2.75, 3.05) is 6.61 Å². The lowest BCUT2D eigenvalue weighted by molar-refractivity contribution is 0.0930. The van der Waals surface area contributed by atoms with Gasteiger partial charge in [-0.15, -0.1) is 0 Å². The molecule has 1 amide bonds. The van der Waals surface area contributed by atoms with E-state index in [4.69, 9.17) is 9.72 Å². The number of fused-ring (bicyclic) bond motifs is 1. The van der Waals surface area contributed by atoms with Crippen molar-refractivity contribution in [1.82, 2.24) is 14.7 Å². The van der Waals surface area contributed by atoms with Crippen LogP contribution in [-0.4, -0.2) is 44.3 Å². The van der Waals surface area contributed by atoms with Gasteiger partial charge in [0.25, 0.3) is 5.91 Å². The number of benzene rings is 2. The number of imidazole rings is 1. The Balaban J connectivity index is 1.47. The van der Waals surface area contributed by atoms with Crippen LogP contribution in [0.5, 0.6) is 5.75 Å². The van der Waals surface area contributed by atoms with E-state index in [9.17, 15) is 20.3 Å². The van der Waals surface area contributed by atoms with Gasteiger partial charge >= 0.3 is 0 Å². The van der Waals surface area contributed by atoms with Crippen LogP contribution in [0.4, 0.5) is 0 Å². The van der Waals surface area contributed by atoms with E-state index in [2.05, 4.69) is 11.4 Å². The molecule has 2 aromatic carbocycles. The largest absolute Gasteiger partial charge is 0.490 e. The summed E-state index contributed by atoms with van der Waals surface area (Å²) in [5.74, 6) is 0.130. The fourth-order valence-electron chi connectivity index (χ4n) is 4.36. The first kappa shape index (κ1) is 26.9. The first-order chi connectivity index (χ1) is 18.3. The maximum atomic E-state index is 13.0. The SMILES string of the molecule is CC(C)Oc1ccc(C(=O)N[C@H](CCO)Cc2ccc(-c3cn4cccc(C(C)O)c4n3)cc2)cc1C#N. The second-order valence-electron chi connectivity index (χ2n) is 9.57. The van der Waals surface area contributed by atoms with Gasteiger partial charge in [0.15, 0.2) is 0 Å². The van der Waals surface area contributed by atoms with Crippen LogP contribution in [0, 0.1) is 11.3 Å². The number of nitrogens with zero attached hydrogens (tertiary/aromatic N) is 3. The highest BCUT2D eigenvalue weighted by Gasteiger charge is 2.17.